The number of ether oxygens (including phenoxy) is 1. The van der Waals surface area contributed by atoms with E-state index >= 15 is 0 Å². The molecule has 2 fully saturated rings. The Kier molecular flexibility index (Phi) is 3.97. The molecule has 4 nitrogen and oxygen atoms in total. The fourth-order valence-electron chi connectivity index (χ4n) is 2.83. The van der Waals surface area contributed by atoms with Gasteiger partial charge in [0.2, 0.25) is 5.91 Å². The van der Waals surface area contributed by atoms with Crippen LogP contribution in [0.2, 0.25) is 0 Å². The number of rotatable bonds is 6. The zero-order valence-corrected chi connectivity index (χ0v) is 12.0. The van der Waals surface area contributed by atoms with Gasteiger partial charge in [0.25, 0.3) is 0 Å². The molecule has 1 aliphatic heterocycles. The van der Waals surface area contributed by atoms with Crippen molar-refractivity contribution < 1.29 is 9.53 Å². The molecular formula is C14H26N2O2. The summed E-state index contributed by atoms with van der Waals surface area (Å²) in [4.78, 5) is 14.4. The predicted octanol–water partition coefficient (Wildman–Crippen LogP) is 1.61. The molecule has 1 N–H and O–H groups in total. The Hall–Kier alpha value is -0.610. The Morgan fingerprint density at radius 3 is 2.61 bits per heavy atom. The van der Waals surface area contributed by atoms with Crippen LogP contribution in [0.25, 0.3) is 0 Å². The highest BCUT2D eigenvalue weighted by molar-refractivity contribution is 5.84. The van der Waals surface area contributed by atoms with Gasteiger partial charge in [0.05, 0.1) is 12.2 Å². The van der Waals surface area contributed by atoms with Crippen molar-refractivity contribution in [2.45, 2.75) is 52.2 Å². The second kappa shape index (κ2) is 5.17. The summed E-state index contributed by atoms with van der Waals surface area (Å²) in [7, 11) is 1.75. The van der Waals surface area contributed by atoms with E-state index in [2.05, 4.69) is 26.1 Å². The van der Waals surface area contributed by atoms with E-state index in [1.165, 1.54) is 12.8 Å². The number of nitrogens with one attached hydrogen (secondary N) is 1. The Bertz CT molecular complexity index is 313. The molecule has 0 radical (unpaired) electrons. The van der Waals surface area contributed by atoms with E-state index in [0.717, 1.165) is 19.6 Å². The third-order valence-corrected chi connectivity index (χ3v) is 4.40. The first-order chi connectivity index (χ1) is 8.49. The van der Waals surface area contributed by atoms with Gasteiger partial charge in [-0.25, -0.2) is 0 Å². The standard InChI is InChI=1S/C14H26N2O2/c1-10(2)12-13(17)16(11(3)15-12)9-14(5-6-14)7-8-18-4/h10-12,15H,5-9H2,1-4H3. The van der Waals surface area contributed by atoms with Gasteiger partial charge in [-0.05, 0) is 37.5 Å². The van der Waals surface area contributed by atoms with E-state index < -0.39 is 0 Å². The number of hydrogen-bond donors (Lipinski definition) is 1. The van der Waals surface area contributed by atoms with Crippen LogP contribution in [0.3, 0.4) is 0 Å². The average Bonchev–Trinajstić information content (AvgIpc) is 3.03. The third-order valence-electron chi connectivity index (χ3n) is 4.40. The maximum atomic E-state index is 12.4. The molecule has 1 heterocycles. The summed E-state index contributed by atoms with van der Waals surface area (Å²) in [5, 5.41) is 3.40. The Morgan fingerprint density at radius 2 is 2.17 bits per heavy atom. The monoisotopic (exact) mass is 254 g/mol. The summed E-state index contributed by atoms with van der Waals surface area (Å²) < 4.78 is 5.18. The molecule has 1 amide bonds. The van der Waals surface area contributed by atoms with E-state index in [0.29, 0.717) is 11.3 Å². The van der Waals surface area contributed by atoms with Gasteiger partial charge in [0.15, 0.2) is 0 Å². The Morgan fingerprint density at radius 1 is 1.50 bits per heavy atom. The lowest BCUT2D eigenvalue weighted by atomic mass is 10.0. The van der Waals surface area contributed by atoms with Crippen molar-refractivity contribution in [3.05, 3.63) is 0 Å². The smallest absolute Gasteiger partial charge is 0.241 e. The first kappa shape index (κ1) is 13.8. The molecule has 0 aromatic heterocycles. The molecule has 2 rings (SSSR count). The number of carbonyl (C=O) groups excluding carboxylic acids is 1. The van der Waals surface area contributed by atoms with Crippen molar-refractivity contribution >= 4 is 5.91 Å². The van der Waals surface area contributed by atoms with Gasteiger partial charge < -0.3 is 9.64 Å². The molecule has 4 heteroatoms. The van der Waals surface area contributed by atoms with Crippen LogP contribution in [-0.4, -0.2) is 43.3 Å². The fraction of sp³-hybridized carbons (Fsp3) is 0.929. The molecule has 0 spiro atoms. The molecule has 18 heavy (non-hydrogen) atoms. The molecule has 2 unspecified atom stereocenters. The Balaban J connectivity index is 1.95. The van der Waals surface area contributed by atoms with Gasteiger partial charge in [-0.2, -0.15) is 0 Å². The largest absolute Gasteiger partial charge is 0.385 e. The van der Waals surface area contributed by atoms with Crippen LogP contribution in [0.4, 0.5) is 0 Å². The quantitative estimate of drug-likeness (QED) is 0.783. The summed E-state index contributed by atoms with van der Waals surface area (Å²) in [5.74, 6) is 0.639. The van der Waals surface area contributed by atoms with Crippen LogP contribution in [0.15, 0.2) is 0 Å². The van der Waals surface area contributed by atoms with Gasteiger partial charge in [0.1, 0.15) is 0 Å². The molecule has 1 saturated carbocycles. The van der Waals surface area contributed by atoms with Crippen LogP contribution >= 0.6 is 0 Å². The molecule has 104 valence electrons. The van der Waals surface area contributed by atoms with E-state index in [1.807, 2.05) is 4.90 Å². The molecular weight excluding hydrogens is 228 g/mol. The minimum absolute atomic E-state index is 0.00164. The van der Waals surface area contributed by atoms with Gasteiger partial charge in [-0.3, -0.25) is 10.1 Å². The van der Waals surface area contributed by atoms with Gasteiger partial charge in [0, 0.05) is 20.3 Å². The first-order valence-corrected chi connectivity index (χ1v) is 7.04. The predicted molar refractivity (Wildman–Crippen MR) is 71.1 cm³/mol. The summed E-state index contributed by atoms with van der Waals surface area (Å²) in [5.41, 5.74) is 0.341. The minimum atomic E-state index is -0.00164. The average molecular weight is 254 g/mol. The summed E-state index contributed by atoms with van der Waals surface area (Å²) in [6, 6.07) is -0.00164. The highest BCUT2D eigenvalue weighted by Crippen LogP contribution is 2.49. The van der Waals surface area contributed by atoms with Gasteiger partial charge >= 0.3 is 0 Å². The molecule has 1 aliphatic carbocycles. The number of hydrogen-bond acceptors (Lipinski definition) is 3. The Labute approximate surface area is 110 Å². The molecule has 2 atom stereocenters. The lowest BCUT2D eigenvalue weighted by Crippen LogP contribution is -2.39. The van der Waals surface area contributed by atoms with Crippen LogP contribution in [0, 0.1) is 11.3 Å². The van der Waals surface area contributed by atoms with Gasteiger partial charge in [-0.15, -0.1) is 0 Å². The number of carbonyl (C=O) groups is 1. The number of amides is 1. The second-order valence-electron chi connectivity index (χ2n) is 6.27. The summed E-state index contributed by atoms with van der Waals surface area (Å²) >= 11 is 0. The van der Waals surface area contributed by atoms with Crippen LogP contribution in [0.1, 0.15) is 40.0 Å². The van der Waals surface area contributed by atoms with Crippen molar-refractivity contribution in [3.8, 4) is 0 Å². The maximum Gasteiger partial charge on any atom is 0.241 e. The van der Waals surface area contributed by atoms with E-state index in [9.17, 15) is 4.79 Å². The molecule has 0 aromatic carbocycles. The van der Waals surface area contributed by atoms with Crippen molar-refractivity contribution in [2.24, 2.45) is 11.3 Å². The highest BCUT2D eigenvalue weighted by Gasteiger charge is 2.48. The normalized spacial score (nSPS) is 30.3. The van der Waals surface area contributed by atoms with Crippen molar-refractivity contribution in [1.82, 2.24) is 10.2 Å². The van der Waals surface area contributed by atoms with Crippen LogP contribution in [0.5, 0.6) is 0 Å². The first-order valence-electron chi connectivity index (χ1n) is 7.04. The van der Waals surface area contributed by atoms with Crippen LogP contribution < -0.4 is 5.32 Å². The summed E-state index contributed by atoms with van der Waals surface area (Å²) in [6.07, 6.45) is 3.72. The van der Waals surface area contributed by atoms with Gasteiger partial charge in [-0.1, -0.05) is 13.8 Å². The minimum Gasteiger partial charge on any atom is -0.385 e. The SMILES string of the molecule is COCCC1(CN2C(=O)C(C(C)C)NC2C)CC1. The van der Waals surface area contributed by atoms with Crippen molar-refractivity contribution in [2.75, 3.05) is 20.3 Å². The molecule has 0 aromatic rings. The van der Waals surface area contributed by atoms with E-state index in [4.69, 9.17) is 4.74 Å². The van der Waals surface area contributed by atoms with Crippen molar-refractivity contribution in [1.29, 1.82) is 0 Å². The third kappa shape index (κ3) is 2.69. The topological polar surface area (TPSA) is 41.6 Å². The fourth-order valence-corrected chi connectivity index (χ4v) is 2.83. The molecule has 0 bridgehead atoms. The highest BCUT2D eigenvalue weighted by atomic mass is 16.5. The lowest BCUT2D eigenvalue weighted by molar-refractivity contribution is -0.131. The second-order valence-corrected chi connectivity index (χ2v) is 6.27. The number of methoxy groups -OCH3 is 1. The number of nitrogens with zero attached hydrogens (tertiary/aromatic N) is 1. The van der Waals surface area contributed by atoms with Crippen LogP contribution in [-0.2, 0) is 9.53 Å². The van der Waals surface area contributed by atoms with E-state index in [1.54, 1.807) is 7.11 Å². The summed E-state index contributed by atoms with van der Waals surface area (Å²) in [6.45, 7) is 7.99. The molecule has 2 aliphatic rings. The maximum absolute atomic E-state index is 12.4. The zero-order chi connectivity index (χ0) is 13.3. The lowest BCUT2D eigenvalue weighted by Gasteiger charge is -2.26. The zero-order valence-electron chi connectivity index (χ0n) is 12.0. The van der Waals surface area contributed by atoms with E-state index in [-0.39, 0.29) is 18.1 Å². The van der Waals surface area contributed by atoms with Crippen molar-refractivity contribution in [3.63, 3.8) is 0 Å². The molecule has 1 saturated heterocycles.